The van der Waals surface area contributed by atoms with Crippen LogP contribution in [0, 0.1) is 5.82 Å². The summed E-state index contributed by atoms with van der Waals surface area (Å²) < 4.78 is 16.7. The Morgan fingerprint density at radius 1 is 0.919 bits per heavy atom. The van der Waals surface area contributed by atoms with Crippen LogP contribution in [0.5, 0.6) is 0 Å². The number of aryl methyl sites for hydroxylation is 1. The van der Waals surface area contributed by atoms with Crippen molar-refractivity contribution < 1.29 is 4.39 Å². The molecule has 2 aliphatic heterocycles. The fourth-order valence-electron chi connectivity index (χ4n) is 6.12. The largest absolute Gasteiger partial charge is 0.369 e. The minimum absolute atomic E-state index is 0.239. The third kappa shape index (κ3) is 5.12. The van der Waals surface area contributed by atoms with Crippen LogP contribution in [0.1, 0.15) is 62.6 Å². The second kappa shape index (κ2) is 10.6. The lowest BCUT2D eigenvalue weighted by molar-refractivity contribution is 0.207. The zero-order valence-electron chi connectivity index (χ0n) is 21.4. The highest BCUT2D eigenvalue weighted by Gasteiger charge is 2.27. The van der Waals surface area contributed by atoms with E-state index in [4.69, 9.17) is 5.73 Å². The molecule has 0 spiro atoms. The molecular formula is C27H36FN9. The highest BCUT2D eigenvalue weighted by atomic mass is 19.1. The molecule has 3 aliphatic rings. The second-order valence-corrected chi connectivity index (χ2v) is 10.5. The average Bonchev–Trinajstić information content (AvgIpc) is 3.55. The van der Waals surface area contributed by atoms with Gasteiger partial charge in [0.15, 0.2) is 5.82 Å². The summed E-state index contributed by atoms with van der Waals surface area (Å²) in [7, 11) is 0. The average molecular weight is 506 g/mol. The van der Waals surface area contributed by atoms with Crippen LogP contribution in [-0.2, 0) is 12.8 Å². The maximum Gasteiger partial charge on any atom is 0.248 e. The Balaban J connectivity index is 1.15. The van der Waals surface area contributed by atoms with E-state index in [2.05, 4.69) is 35.2 Å². The number of hydrogen-bond acceptors (Lipinski definition) is 8. The number of halogens is 1. The summed E-state index contributed by atoms with van der Waals surface area (Å²) in [6, 6.07) is 5.88. The normalized spacial score (nSPS) is 19.4. The molecule has 0 bridgehead atoms. The van der Waals surface area contributed by atoms with Gasteiger partial charge in [0.05, 0.1) is 5.69 Å². The van der Waals surface area contributed by atoms with Gasteiger partial charge in [0.1, 0.15) is 12.1 Å². The Bertz CT molecular complexity index is 1230. The van der Waals surface area contributed by atoms with Gasteiger partial charge in [-0.15, -0.1) is 5.10 Å². The highest BCUT2D eigenvalue weighted by molar-refractivity contribution is 5.61. The lowest BCUT2D eigenvalue weighted by atomic mass is 9.97. The number of nitrogens with one attached hydrogen (secondary N) is 1. The molecule has 3 N–H and O–H groups in total. The van der Waals surface area contributed by atoms with E-state index < -0.39 is 0 Å². The van der Waals surface area contributed by atoms with E-state index in [1.165, 1.54) is 44.8 Å². The molecule has 3 aromatic rings. The van der Waals surface area contributed by atoms with Crippen molar-refractivity contribution in [2.24, 2.45) is 0 Å². The molecule has 1 aromatic carbocycles. The van der Waals surface area contributed by atoms with E-state index in [0.717, 1.165) is 62.9 Å². The number of piperidine rings is 1. The molecule has 0 amide bonds. The molecule has 4 heterocycles. The summed E-state index contributed by atoms with van der Waals surface area (Å²) in [6.07, 6.45) is 12.9. The highest BCUT2D eigenvalue weighted by Crippen LogP contribution is 2.30. The lowest BCUT2D eigenvalue weighted by Gasteiger charge is -2.37. The number of likely N-dealkylation sites (tertiary alicyclic amines) is 1. The molecule has 2 fully saturated rings. The van der Waals surface area contributed by atoms with Crippen molar-refractivity contribution in [1.82, 2.24) is 29.6 Å². The molecule has 0 radical (unpaired) electrons. The minimum atomic E-state index is -0.241. The summed E-state index contributed by atoms with van der Waals surface area (Å²) in [5.41, 5.74) is 9.64. The minimum Gasteiger partial charge on any atom is -0.369 e. The number of anilines is 4. The van der Waals surface area contributed by atoms with E-state index in [9.17, 15) is 0 Å². The summed E-state index contributed by atoms with van der Waals surface area (Å²) in [4.78, 5) is 18.2. The molecule has 0 unspecified atom stereocenters. The molecule has 0 atom stereocenters. The third-order valence-electron chi connectivity index (χ3n) is 8.10. The first-order valence-corrected chi connectivity index (χ1v) is 13.8. The van der Waals surface area contributed by atoms with E-state index in [1.54, 1.807) is 11.0 Å². The molecule has 6 rings (SSSR count). The van der Waals surface area contributed by atoms with Crippen LogP contribution < -0.4 is 16.0 Å². The Kier molecular flexibility index (Phi) is 6.91. The van der Waals surface area contributed by atoms with Gasteiger partial charge < -0.3 is 20.9 Å². The monoisotopic (exact) mass is 505 g/mol. The van der Waals surface area contributed by atoms with Crippen molar-refractivity contribution in [2.45, 2.75) is 70.3 Å². The Morgan fingerprint density at radius 3 is 2.49 bits per heavy atom. The number of nitrogens with zero attached hydrogens (tertiary/aromatic N) is 7. The summed E-state index contributed by atoms with van der Waals surface area (Å²) >= 11 is 0. The number of benzene rings is 1. The van der Waals surface area contributed by atoms with Gasteiger partial charge in [-0.2, -0.15) is 9.67 Å². The predicted molar refractivity (Wildman–Crippen MR) is 143 cm³/mol. The molecule has 2 aromatic heterocycles. The predicted octanol–water partition coefficient (Wildman–Crippen LogP) is 4.25. The van der Waals surface area contributed by atoms with Gasteiger partial charge in [-0.1, -0.05) is 12.8 Å². The van der Waals surface area contributed by atoms with Crippen molar-refractivity contribution in [2.75, 3.05) is 42.1 Å². The molecule has 196 valence electrons. The first kappa shape index (κ1) is 24.1. The topological polar surface area (TPSA) is 101 Å². The van der Waals surface area contributed by atoms with Crippen molar-refractivity contribution in [3.05, 3.63) is 41.6 Å². The fraction of sp³-hybridized carbons (Fsp3) is 0.556. The van der Waals surface area contributed by atoms with E-state index in [-0.39, 0.29) is 11.8 Å². The van der Waals surface area contributed by atoms with Crippen LogP contribution in [0.15, 0.2) is 24.5 Å². The van der Waals surface area contributed by atoms with E-state index in [0.29, 0.717) is 29.2 Å². The van der Waals surface area contributed by atoms with Crippen molar-refractivity contribution in [1.29, 1.82) is 0 Å². The SMILES string of the molecule is Nc1nc(Nc2ccc(N3CCC(N4CCCC4)CC3)c(F)c2)nn1-c1ncnc2c1CCCCCC2. The number of nitrogen functional groups attached to an aromatic ring is 1. The number of fused-ring (bicyclic) bond motifs is 1. The zero-order chi connectivity index (χ0) is 25.2. The maximum atomic E-state index is 15.2. The van der Waals surface area contributed by atoms with Crippen LogP contribution >= 0.6 is 0 Å². The zero-order valence-corrected chi connectivity index (χ0v) is 21.4. The van der Waals surface area contributed by atoms with Crippen LogP contribution in [0.2, 0.25) is 0 Å². The lowest BCUT2D eigenvalue weighted by Crippen LogP contribution is -2.44. The van der Waals surface area contributed by atoms with Gasteiger partial charge in [-0.25, -0.2) is 14.4 Å². The van der Waals surface area contributed by atoms with E-state index in [1.807, 2.05) is 12.1 Å². The second-order valence-electron chi connectivity index (χ2n) is 10.5. The van der Waals surface area contributed by atoms with Crippen LogP contribution in [0.3, 0.4) is 0 Å². The Hall–Kier alpha value is -3.27. The molecule has 37 heavy (non-hydrogen) atoms. The standard InChI is InChI=1S/C27H36FN9/c28-22-17-19(9-10-24(22)36-15-11-20(12-16-36)35-13-5-6-14-35)32-27-33-26(29)37(34-27)25-21-7-3-1-2-4-8-23(21)30-18-31-25/h9-10,17-18,20H,1-8,11-16H2,(H3,29,32,33,34). The smallest absolute Gasteiger partial charge is 0.248 e. The number of nitrogens with two attached hydrogens (primary N) is 1. The van der Waals surface area contributed by atoms with Gasteiger partial charge in [0.25, 0.3) is 0 Å². The van der Waals surface area contributed by atoms with Crippen molar-refractivity contribution in [3.63, 3.8) is 0 Å². The Morgan fingerprint density at radius 2 is 1.70 bits per heavy atom. The molecule has 2 saturated heterocycles. The van der Waals surface area contributed by atoms with Gasteiger partial charge in [0.2, 0.25) is 11.9 Å². The quantitative estimate of drug-likeness (QED) is 0.531. The fourth-order valence-corrected chi connectivity index (χ4v) is 6.12. The van der Waals surface area contributed by atoms with Gasteiger partial charge in [-0.3, -0.25) is 0 Å². The van der Waals surface area contributed by atoms with E-state index >= 15 is 4.39 Å². The molecule has 1 aliphatic carbocycles. The van der Waals surface area contributed by atoms with Crippen molar-refractivity contribution in [3.8, 4) is 5.82 Å². The van der Waals surface area contributed by atoms with Gasteiger partial charge in [-0.05, 0) is 82.7 Å². The first-order chi connectivity index (χ1) is 18.2. The summed E-state index contributed by atoms with van der Waals surface area (Å²) in [5, 5.41) is 7.69. The van der Waals surface area contributed by atoms with Crippen LogP contribution in [0.25, 0.3) is 5.82 Å². The Labute approximate surface area is 217 Å². The van der Waals surface area contributed by atoms with Crippen LogP contribution in [0.4, 0.5) is 27.7 Å². The maximum absolute atomic E-state index is 15.2. The molecule has 9 nitrogen and oxygen atoms in total. The first-order valence-electron chi connectivity index (χ1n) is 13.8. The molecule has 10 heteroatoms. The van der Waals surface area contributed by atoms with Crippen molar-refractivity contribution >= 4 is 23.3 Å². The van der Waals surface area contributed by atoms with Gasteiger partial charge >= 0.3 is 0 Å². The summed E-state index contributed by atoms with van der Waals surface area (Å²) in [6.45, 7) is 4.20. The van der Waals surface area contributed by atoms with Gasteiger partial charge in [0, 0.05) is 36.1 Å². The number of hydrogen-bond donors (Lipinski definition) is 2. The third-order valence-corrected chi connectivity index (χ3v) is 8.10. The molecule has 0 saturated carbocycles. The summed E-state index contributed by atoms with van der Waals surface area (Å²) in [5.74, 6) is 0.996. The number of aromatic nitrogens is 5. The number of rotatable bonds is 5. The molecular weight excluding hydrogens is 469 g/mol. The van der Waals surface area contributed by atoms with Crippen LogP contribution in [-0.4, -0.2) is 61.9 Å².